The summed E-state index contributed by atoms with van der Waals surface area (Å²) in [5, 5.41) is 0. The predicted octanol–water partition coefficient (Wildman–Crippen LogP) is 2.30. The molecule has 0 bridgehead atoms. The molecule has 0 saturated heterocycles. The van der Waals surface area contributed by atoms with Crippen LogP contribution < -0.4 is 15.2 Å². The van der Waals surface area contributed by atoms with Crippen LogP contribution >= 0.6 is 0 Å². The molecule has 2 N–H and O–H groups in total. The summed E-state index contributed by atoms with van der Waals surface area (Å²) in [7, 11) is 0. The first kappa shape index (κ1) is 10.9. The zero-order valence-corrected chi connectivity index (χ0v) is 10.2. The molecule has 3 rings (SSSR count). The van der Waals surface area contributed by atoms with Gasteiger partial charge in [0.2, 0.25) is 0 Å². The fourth-order valence-electron chi connectivity index (χ4n) is 2.96. The van der Waals surface area contributed by atoms with Crippen LogP contribution in [0.2, 0.25) is 0 Å². The van der Waals surface area contributed by atoms with Crippen molar-refractivity contribution in [3.8, 4) is 11.5 Å². The van der Waals surface area contributed by atoms with E-state index in [4.69, 9.17) is 15.2 Å². The maximum Gasteiger partial charge on any atom is 0.161 e. The summed E-state index contributed by atoms with van der Waals surface area (Å²) < 4.78 is 11.2. The molecule has 1 aliphatic carbocycles. The number of hydrogen-bond acceptors (Lipinski definition) is 3. The molecule has 3 heteroatoms. The normalized spacial score (nSPS) is 31.5. The third-order valence-corrected chi connectivity index (χ3v) is 4.12. The molecule has 17 heavy (non-hydrogen) atoms. The van der Waals surface area contributed by atoms with Crippen LogP contribution in [-0.4, -0.2) is 19.3 Å². The lowest BCUT2D eigenvalue weighted by Gasteiger charge is -2.22. The van der Waals surface area contributed by atoms with Crippen molar-refractivity contribution in [2.45, 2.75) is 31.7 Å². The van der Waals surface area contributed by atoms with Gasteiger partial charge in [0.15, 0.2) is 11.5 Å². The van der Waals surface area contributed by atoms with Crippen molar-refractivity contribution < 1.29 is 9.47 Å². The van der Waals surface area contributed by atoms with Crippen molar-refractivity contribution in [3.05, 3.63) is 23.8 Å². The number of rotatable bonds is 1. The van der Waals surface area contributed by atoms with Crippen molar-refractivity contribution in [1.82, 2.24) is 0 Å². The highest BCUT2D eigenvalue weighted by atomic mass is 16.6. The number of benzene rings is 1. The van der Waals surface area contributed by atoms with E-state index in [9.17, 15) is 0 Å². The Balaban J connectivity index is 1.88. The van der Waals surface area contributed by atoms with Gasteiger partial charge in [-0.3, -0.25) is 0 Å². The van der Waals surface area contributed by atoms with Crippen molar-refractivity contribution in [2.75, 3.05) is 13.2 Å². The van der Waals surface area contributed by atoms with Crippen LogP contribution in [0.3, 0.4) is 0 Å². The van der Waals surface area contributed by atoms with E-state index in [0.29, 0.717) is 31.1 Å². The van der Waals surface area contributed by atoms with Crippen LogP contribution in [-0.2, 0) is 0 Å². The molecule has 1 aromatic carbocycles. The molecule has 0 radical (unpaired) electrons. The van der Waals surface area contributed by atoms with Gasteiger partial charge in [-0.15, -0.1) is 0 Å². The van der Waals surface area contributed by atoms with Crippen molar-refractivity contribution >= 4 is 0 Å². The molecule has 0 aromatic heterocycles. The van der Waals surface area contributed by atoms with Gasteiger partial charge in [-0.05, 0) is 42.4 Å². The van der Waals surface area contributed by atoms with E-state index in [1.54, 1.807) is 0 Å². The monoisotopic (exact) mass is 233 g/mol. The lowest BCUT2D eigenvalue weighted by molar-refractivity contribution is 0.171. The molecule has 3 unspecified atom stereocenters. The van der Waals surface area contributed by atoms with Crippen LogP contribution in [0.25, 0.3) is 0 Å². The summed E-state index contributed by atoms with van der Waals surface area (Å²) >= 11 is 0. The molecule has 92 valence electrons. The molecule has 1 aliphatic heterocycles. The fourth-order valence-corrected chi connectivity index (χ4v) is 2.96. The minimum atomic E-state index is 0.341. The third-order valence-electron chi connectivity index (χ3n) is 4.12. The van der Waals surface area contributed by atoms with Gasteiger partial charge in [-0.2, -0.15) is 0 Å². The predicted molar refractivity (Wildman–Crippen MR) is 66.5 cm³/mol. The Hall–Kier alpha value is -1.22. The van der Waals surface area contributed by atoms with Crippen molar-refractivity contribution in [2.24, 2.45) is 11.7 Å². The third kappa shape index (κ3) is 1.89. The zero-order valence-electron chi connectivity index (χ0n) is 10.2. The molecular formula is C14H19NO2. The fraction of sp³-hybridized carbons (Fsp3) is 0.571. The summed E-state index contributed by atoms with van der Waals surface area (Å²) in [6, 6.07) is 6.66. The summed E-state index contributed by atoms with van der Waals surface area (Å²) in [6.45, 7) is 3.55. The van der Waals surface area contributed by atoms with Gasteiger partial charge in [0, 0.05) is 6.04 Å². The second-order valence-electron chi connectivity index (χ2n) is 5.11. The van der Waals surface area contributed by atoms with Gasteiger partial charge < -0.3 is 15.2 Å². The van der Waals surface area contributed by atoms with Gasteiger partial charge in [0.25, 0.3) is 0 Å². The zero-order chi connectivity index (χ0) is 11.8. The topological polar surface area (TPSA) is 44.5 Å². The molecule has 1 heterocycles. The minimum Gasteiger partial charge on any atom is -0.486 e. The van der Waals surface area contributed by atoms with Crippen molar-refractivity contribution in [1.29, 1.82) is 0 Å². The molecule has 0 spiro atoms. The lowest BCUT2D eigenvalue weighted by atomic mass is 9.89. The smallest absolute Gasteiger partial charge is 0.161 e. The number of hydrogen-bond donors (Lipinski definition) is 1. The van der Waals surface area contributed by atoms with Gasteiger partial charge >= 0.3 is 0 Å². The first-order valence-electron chi connectivity index (χ1n) is 6.41. The first-order chi connectivity index (χ1) is 8.25. The van der Waals surface area contributed by atoms with Gasteiger partial charge in [0.05, 0.1) is 0 Å². The molecule has 2 aliphatic rings. The Morgan fingerprint density at radius 2 is 1.88 bits per heavy atom. The highest BCUT2D eigenvalue weighted by molar-refractivity contribution is 5.45. The molecule has 3 nitrogen and oxygen atoms in total. The average molecular weight is 233 g/mol. The van der Waals surface area contributed by atoms with E-state index >= 15 is 0 Å². The Bertz CT molecular complexity index is 419. The van der Waals surface area contributed by atoms with E-state index in [1.165, 1.54) is 12.0 Å². The van der Waals surface area contributed by atoms with Crippen molar-refractivity contribution in [3.63, 3.8) is 0 Å². The molecule has 1 fully saturated rings. The number of ether oxygens (including phenoxy) is 2. The maximum atomic E-state index is 6.09. The number of fused-ring (bicyclic) bond motifs is 1. The van der Waals surface area contributed by atoms with Gasteiger partial charge in [-0.1, -0.05) is 13.0 Å². The highest BCUT2D eigenvalue weighted by Gasteiger charge is 2.31. The molecule has 3 atom stereocenters. The summed E-state index contributed by atoms with van der Waals surface area (Å²) in [4.78, 5) is 0. The standard InChI is InChI=1S/C14H19NO2/c1-9-11(3-4-12(9)15)10-2-5-13-14(8-10)17-7-6-16-13/h2,5,8-9,11-12H,3-4,6-7,15H2,1H3. The molecular weight excluding hydrogens is 214 g/mol. The van der Waals surface area contributed by atoms with Gasteiger partial charge in [0.1, 0.15) is 13.2 Å². The molecule has 0 amide bonds. The summed E-state index contributed by atoms with van der Waals surface area (Å²) in [6.07, 6.45) is 2.31. The van der Waals surface area contributed by atoms with Crippen LogP contribution in [0.15, 0.2) is 18.2 Å². The Labute approximate surface area is 102 Å². The van der Waals surface area contributed by atoms with Gasteiger partial charge in [-0.25, -0.2) is 0 Å². The minimum absolute atomic E-state index is 0.341. The molecule has 1 saturated carbocycles. The number of nitrogens with two attached hydrogens (primary N) is 1. The quantitative estimate of drug-likeness (QED) is 0.809. The second-order valence-corrected chi connectivity index (χ2v) is 5.11. The van der Waals surface area contributed by atoms with Crippen LogP contribution in [0.5, 0.6) is 11.5 Å². The Morgan fingerprint density at radius 3 is 2.59 bits per heavy atom. The van der Waals surface area contributed by atoms with E-state index in [-0.39, 0.29) is 0 Å². The highest BCUT2D eigenvalue weighted by Crippen LogP contribution is 2.41. The average Bonchev–Trinajstić information content (AvgIpc) is 2.70. The summed E-state index contributed by atoms with van der Waals surface area (Å²) in [5.74, 6) is 2.88. The first-order valence-corrected chi connectivity index (χ1v) is 6.41. The SMILES string of the molecule is CC1C(N)CCC1c1ccc2c(c1)OCCO2. The maximum absolute atomic E-state index is 6.09. The lowest BCUT2D eigenvalue weighted by Crippen LogP contribution is -2.24. The van der Waals surface area contributed by atoms with Crippen LogP contribution in [0, 0.1) is 5.92 Å². The second kappa shape index (κ2) is 4.22. The van der Waals surface area contributed by atoms with E-state index in [2.05, 4.69) is 19.1 Å². The van der Waals surface area contributed by atoms with Crippen LogP contribution in [0.4, 0.5) is 0 Å². The molecule has 1 aromatic rings. The Morgan fingerprint density at radius 1 is 1.12 bits per heavy atom. The van der Waals surface area contributed by atoms with E-state index < -0.39 is 0 Å². The largest absolute Gasteiger partial charge is 0.486 e. The van der Waals surface area contributed by atoms with E-state index in [1.807, 2.05) is 6.07 Å². The summed E-state index contributed by atoms with van der Waals surface area (Å²) in [5.41, 5.74) is 7.43. The van der Waals surface area contributed by atoms with Crippen LogP contribution in [0.1, 0.15) is 31.2 Å². The van der Waals surface area contributed by atoms with E-state index in [0.717, 1.165) is 17.9 Å². The Kier molecular flexibility index (Phi) is 2.71.